The zero-order valence-electron chi connectivity index (χ0n) is 29.4. The lowest BCUT2D eigenvalue weighted by atomic mass is 9.80. The van der Waals surface area contributed by atoms with E-state index in [1.165, 1.54) is 18.2 Å². The molecule has 3 atom stereocenters. The number of aromatic nitrogens is 5. The van der Waals surface area contributed by atoms with Gasteiger partial charge in [0.05, 0.1) is 28.8 Å². The van der Waals surface area contributed by atoms with Crippen molar-refractivity contribution in [1.29, 1.82) is 0 Å². The van der Waals surface area contributed by atoms with E-state index in [9.17, 15) is 22.2 Å². The van der Waals surface area contributed by atoms with Crippen molar-refractivity contribution in [2.24, 2.45) is 13.0 Å². The number of aryl methyl sites for hydroxylation is 1. The van der Waals surface area contributed by atoms with E-state index in [-0.39, 0.29) is 40.7 Å². The summed E-state index contributed by atoms with van der Waals surface area (Å²) in [5.74, 6) is -2.73. The van der Waals surface area contributed by atoms with Gasteiger partial charge in [-0.3, -0.25) is 18.9 Å². The quantitative estimate of drug-likeness (QED) is 0.153. The van der Waals surface area contributed by atoms with Crippen molar-refractivity contribution in [2.45, 2.75) is 76.3 Å². The van der Waals surface area contributed by atoms with Gasteiger partial charge in [0, 0.05) is 54.1 Å². The number of nitrogen functional groups attached to an aromatic ring is 1. The van der Waals surface area contributed by atoms with Crippen LogP contribution in [0.15, 0.2) is 61.1 Å². The Morgan fingerprint density at radius 1 is 1.10 bits per heavy atom. The number of nitrogens with zero attached hydrogens (tertiary/aromatic N) is 6. The molecule has 0 bridgehead atoms. The number of amides is 1. The molecule has 1 saturated heterocycles. The molecule has 2 aliphatic rings. The van der Waals surface area contributed by atoms with Gasteiger partial charge in [-0.1, -0.05) is 24.6 Å². The molecule has 2 fully saturated rings. The minimum Gasteiger partial charge on any atom is -0.484 e. The number of rotatable bonds is 10. The van der Waals surface area contributed by atoms with Crippen molar-refractivity contribution in [3.05, 3.63) is 72.4 Å². The monoisotopic (exact) mass is 734 g/mol. The molecule has 2 aromatic carbocycles. The lowest BCUT2D eigenvalue weighted by molar-refractivity contribution is -0.146. The number of fused-ring (bicyclic) bond motifs is 1. The summed E-state index contributed by atoms with van der Waals surface area (Å²) in [4.78, 5) is 19.7. The summed E-state index contributed by atoms with van der Waals surface area (Å²) >= 11 is 0. The number of halogens is 3. The van der Waals surface area contributed by atoms with Gasteiger partial charge in [-0.05, 0) is 76.3 Å². The standard InChI is InChI=1S/C37H41F3N8O3S/c1-21(22-8-11-26(38)12-9-22)51-30-16-24(10-13-29(30)45-52(50)36(39)40)32-31-33(46(4)44-32)28(19-42-34(31)41)25-18-43-48(20-25)27-14-15-47(37(2,3)17-27)35(49)23-6-5-7-23/h8-13,16,18-21,23,27,36,45H,5-7,14-15,17H2,1-4H3,(H2,41,42). The highest BCUT2D eigenvalue weighted by Crippen LogP contribution is 2.42. The number of hydrogen-bond acceptors (Lipinski definition) is 7. The average Bonchev–Trinajstić information content (AvgIpc) is 3.70. The van der Waals surface area contributed by atoms with Crippen LogP contribution in [0.4, 0.5) is 24.7 Å². The normalized spacial score (nSPS) is 18.7. The van der Waals surface area contributed by atoms with Gasteiger partial charge in [-0.25, -0.2) is 13.6 Å². The summed E-state index contributed by atoms with van der Waals surface area (Å²) in [5, 5.41) is 10.1. The van der Waals surface area contributed by atoms with Crippen LogP contribution in [0.1, 0.15) is 70.6 Å². The second-order valence-corrected chi connectivity index (χ2v) is 15.4. The number of benzene rings is 2. The highest BCUT2D eigenvalue weighted by atomic mass is 32.2. The highest BCUT2D eigenvalue weighted by Gasteiger charge is 2.42. The van der Waals surface area contributed by atoms with Gasteiger partial charge in [0.1, 0.15) is 29.2 Å². The third kappa shape index (κ3) is 6.73. The Labute approximate surface area is 301 Å². The van der Waals surface area contributed by atoms with Crippen LogP contribution in [-0.2, 0) is 22.8 Å². The van der Waals surface area contributed by atoms with Crippen LogP contribution in [0.3, 0.4) is 0 Å². The smallest absolute Gasteiger partial charge is 0.330 e. The first kappa shape index (κ1) is 35.5. The predicted octanol–water partition coefficient (Wildman–Crippen LogP) is 7.40. The maximum absolute atomic E-state index is 13.6. The molecule has 274 valence electrons. The molecule has 3 aromatic heterocycles. The average molecular weight is 735 g/mol. The Kier molecular flexibility index (Phi) is 9.48. The van der Waals surface area contributed by atoms with Crippen molar-refractivity contribution in [2.75, 3.05) is 17.0 Å². The minimum absolute atomic E-state index is 0.0807. The Morgan fingerprint density at radius 3 is 2.52 bits per heavy atom. The lowest BCUT2D eigenvalue weighted by Crippen LogP contribution is -2.55. The van der Waals surface area contributed by atoms with E-state index in [0.29, 0.717) is 34.3 Å². The molecule has 1 aliphatic carbocycles. The molecule has 11 nitrogen and oxygen atoms in total. The van der Waals surface area contributed by atoms with E-state index in [1.54, 1.807) is 55.3 Å². The number of carbonyl (C=O) groups is 1. The van der Waals surface area contributed by atoms with Crippen LogP contribution in [0.2, 0.25) is 0 Å². The summed E-state index contributed by atoms with van der Waals surface area (Å²) < 4.78 is 64.5. The van der Waals surface area contributed by atoms with E-state index in [0.717, 1.165) is 43.2 Å². The van der Waals surface area contributed by atoms with Crippen molar-refractivity contribution in [3.63, 3.8) is 0 Å². The third-order valence-electron chi connectivity index (χ3n) is 10.3. The Morgan fingerprint density at radius 2 is 1.85 bits per heavy atom. The number of nitrogens with two attached hydrogens (primary N) is 1. The fourth-order valence-electron chi connectivity index (χ4n) is 7.30. The van der Waals surface area contributed by atoms with Crippen LogP contribution in [-0.4, -0.2) is 57.4 Å². The van der Waals surface area contributed by atoms with Crippen molar-refractivity contribution >= 4 is 39.3 Å². The van der Waals surface area contributed by atoms with Crippen molar-refractivity contribution in [1.82, 2.24) is 29.4 Å². The molecule has 15 heteroatoms. The molecule has 3 unspecified atom stereocenters. The van der Waals surface area contributed by atoms with Gasteiger partial charge in [-0.2, -0.15) is 19.0 Å². The molecule has 1 aliphatic heterocycles. The second-order valence-electron chi connectivity index (χ2n) is 14.2. The molecule has 52 heavy (non-hydrogen) atoms. The summed E-state index contributed by atoms with van der Waals surface area (Å²) in [6.07, 6.45) is 9.53. The van der Waals surface area contributed by atoms with Gasteiger partial charge in [0.15, 0.2) is 11.0 Å². The first-order valence-corrected chi connectivity index (χ1v) is 18.5. The van der Waals surface area contributed by atoms with E-state index < -0.39 is 28.7 Å². The number of carbonyl (C=O) groups excluding carboxylic acids is 1. The number of pyridine rings is 1. The Bertz CT molecular complexity index is 2150. The van der Waals surface area contributed by atoms with E-state index >= 15 is 0 Å². The van der Waals surface area contributed by atoms with E-state index in [4.69, 9.17) is 20.7 Å². The van der Waals surface area contributed by atoms with Crippen molar-refractivity contribution < 1.29 is 26.9 Å². The number of ether oxygens (including phenoxy) is 1. The lowest BCUT2D eigenvalue weighted by Gasteiger charge is -2.47. The van der Waals surface area contributed by atoms with Crippen LogP contribution >= 0.6 is 0 Å². The molecule has 4 heterocycles. The summed E-state index contributed by atoms with van der Waals surface area (Å²) in [6.45, 7) is 6.68. The summed E-state index contributed by atoms with van der Waals surface area (Å²) in [6, 6.07) is 10.6. The van der Waals surface area contributed by atoms with Gasteiger partial charge in [0.2, 0.25) is 5.91 Å². The zero-order chi connectivity index (χ0) is 36.9. The second kappa shape index (κ2) is 13.9. The third-order valence-corrected chi connectivity index (χ3v) is 11.1. The Balaban J connectivity index is 1.21. The molecule has 7 rings (SSSR count). The molecule has 0 radical (unpaired) electrons. The maximum Gasteiger partial charge on any atom is 0.330 e. The molecule has 3 N–H and O–H groups in total. The molecule has 1 amide bonds. The fraction of sp³-hybridized carbons (Fsp3) is 0.405. The largest absolute Gasteiger partial charge is 0.484 e. The number of likely N-dealkylation sites (tertiary alicyclic amines) is 1. The molecule has 1 saturated carbocycles. The van der Waals surface area contributed by atoms with Gasteiger partial charge < -0.3 is 15.4 Å². The molecule has 5 aromatic rings. The first-order valence-electron chi connectivity index (χ1n) is 17.3. The SMILES string of the molecule is CC(Oc1cc(-c2nn(C)c3c(-c4cnn(C5CCN(C(=O)C6CCC6)C(C)(C)C5)c4)cnc(N)c23)ccc1NS(=O)C(F)F)c1ccc(F)cc1. The predicted molar refractivity (Wildman–Crippen MR) is 194 cm³/mol. The number of anilines is 2. The highest BCUT2D eigenvalue weighted by molar-refractivity contribution is 7.86. The van der Waals surface area contributed by atoms with Gasteiger partial charge >= 0.3 is 5.76 Å². The van der Waals surface area contributed by atoms with Gasteiger partial charge in [0.25, 0.3) is 0 Å². The zero-order valence-corrected chi connectivity index (χ0v) is 30.2. The van der Waals surface area contributed by atoms with Crippen LogP contribution in [0.25, 0.3) is 33.3 Å². The van der Waals surface area contributed by atoms with E-state index in [1.807, 2.05) is 10.9 Å². The molecular formula is C37H41F3N8O3S. The maximum atomic E-state index is 13.6. The van der Waals surface area contributed by atoms with Crippen molar-refractivity contribution in [3.8, 4) is 28.1 Å². The Hall–Kier alpha value is -4.92. The number of piperidine rings is 1. The number of alkyl halides is 2. The number of hydrogen-bond donors (Lipinski definition) is 2. The van der Waals surface area contributed by atoms with E-state index in [2.05, 4.69) is 28.5 Å². The van der Waals surface area contributed by atoms with Crippen LogP contribution in [0.5, 0.6) is 5.75 Å². The number of nitrogens with one attached hydrogen (secondary N) is 1. The minimum atomic E-state index is -3.13. The summed E-state index contributed by atoms with van der Waals surface area (Å²) in [7, 11) is -0.891. The topological polar surface area (TPSA) is 133 Å². The molecule has 0 spiro atoms. The first-order chi connectivity index (χ1) is 24.8. The van der Waals surface area contributed by atoms with Crippen LogP contribution < -0.4 is 15.2 Å². The summed E-state index contributed by atoms with van der Waals surface area (Å²) in [5.41, 5.74) is 10.3. The van der Waals surface area contributed by atoms with Crippen LogP contribution in [0, 0.1) is 11.7 Å². The van der Waals surface area contributed by atoms with Gasteiger partial charge in [-0.15, -0.1) is 0 Å². The molecular weight excluding hydrogens is 694 g/mol. The fourth-order valence-corrected chi connectivity index (χ4v) is 7.78.